The molecule has 3 rings (SSSR count). The third-order valence-corrected chi connectivity index (χ3v) is 3.57. The number of amides is 1. The number of carbonyl (C=O) groups is 2. The van der Waals surface area contributed by atoms with E-state index in [2.05, 4.69) is 9.98 Å². The first-order valence-electron chi connectivity index (χ1n) is 6.27. The van der Waals surface area contributed by atoms with E-state index in [1.165, 1.54) is 12.3 Å². The lowest BCUT2D eigenvalue weighted by Gasteiger charge is -2.15. The van der Waals surface area contributed by atoms with Crippen LogP contribution < -0.4 is 0 Å². The van der Waals surface area contributed by atoms with Crippen LogP contribution in [0.15, 0.2) is 34.5 Å². The van der Waals surface area contributed by atoms with Gasteiger partial charge in [0, 0.05) is 31.8 Å². The Labute approximate surface area is 115 Å². The van der Waals surface area contributed by atoms with Gasteiger partial charge in [-0.05, 0) is 17.7 Å². The standard InChI is InChI=1S/C14H13N3O3/c1-8(18)17-6-10-5-16-13(11(10)7-17)12-3-2-9(4-15-12)14(19)20/h2-4H,5-7H2,1H3,(H,19,20). The lowest BCUT2D eigenvalue weighted by Crippen LogP contribution is -2.28. The van der Waals surface area contributed by atoms with E-state index in [1.54, 1.807) is 17.9 Å². The van der Waals surface area contributed by atoms with Gasteiger partial charge in [0.15, 0.2) is 0 Å². The molecule has 0 bridgehead atoms. The summed E-state index contributed by atoms with van der Waals surface area (Å²) in [5, 5.41) is 8.86. The van der Waals surface area contributed by atoms with Gasteiger partial charge in [0.05, 0.1) is 23.5 Å². The highest BCUT2D eigenvalue weighted by Crippen LogP contribution is 2.26. The fourth-order valence-electron chi connectivity index (χ4n) is 2.46. The van der Waals surface area contributed by atoms with Gasteiger partial charge in [-0.25, -0.2) is 4.79 Å². The molecule has 0 unspecified atom stereocenters. The van der Waals surface area contributed by atoms with Crippen LogP contribution in [-0.4, -0.2) is 52.2 Å². The Kier molecular flexibility index (Phi) is 2.85. The van der Waals surface area contributed by atoms with E-state index in [9.17, 15) is 9.59 Å². The number of rotatable bonds is 2. The maximum atomic E-state index is 11.4. The predicted molar refractivity (Wildman–Crippen MR) is 71.9 cm³/mol. The number of hydrogen-bond acceptors (Lipinski definition) is 4. The molecule has 6 nitrogen and oxygen atoms in total. The maximum Gasteiger partial charge on any atom is 0.337 e. The van der Waals surface area contributed by atoms with Gasteiger partial charge in [0.1, 0.15) is 0 Å². The van der Waals surface area contributed by atoms with Gasteiger partial charge >= 0.3 is 5.97 Å². The van der Waals surface area contributed by atoms with E-state index in [0.29, 0.717) is 25.3 Å². The molecular weight excluding hydrogens is 258 g/mol. The number of aromatic nitrogens is 1. The number of aliphatic imine (C=N–C) groups is 1. The van der Waals surface area contributed by atoms with Crippen molar-refractivity contribution in [3.05, 3.63) is 40.7 Å². The van der Waals surface area contributed by atoms with Crippen LogP contribution in [0.4, 0.5) is 0 Å². The summed E-state index contributed by atoms with van der Waals surface area (Å²) < 4.78 is 0. The number of nitrogens with zero attached hydrogens (tertiary/aromatic N) is 3. The van der Waals surface area contributed by atoms with Gasteiger partial charge < -0.3 is 10.0 Å². The van der Waals surface area contributed by atoms with Crippen molar-refractivity contribution >= 4 is 17.6 Å². The molecule has 0 saturated heterocycles. The zero-order valence-corrected chi connectivity index (χ0v) is 11.0. The molecule has 20 heavy (non-hydrogen) atoms. The summed E-state index contributed by atoms with van der Waals surface area (Å²) in [6, 6.07) is 3.18. The first-order valence-corrected chi connectivity index (χ1v) is 6.27. The summed E-state index contributed by atoms with van der Waals surface area (Å²) in [4.78, 5) is 32.6. The monoisotopic (exact) mass is 271 g/mol. The average molecular weight is 271 g/mol. The minimum atomic E-state index is -0.999. The summed E-state index contributed by atoms with van der Waals surface area (Å²) >= 11 is 0. The molecular formula is C14H13N3O3. The SMILES string of the molecule is CC(=O)N1CC2=C(C1)C(c1ccc(C(=O)O)cn1)=NC2. The first kappa shape index (κ1) is 12.5. The van der Waals surface area contributed by atoms with Crippen LogP contribution in [0.2, 0.25) is 0 Å². The predicted octanol–water partition coefficient (Wildman–Crippen LogP) is 0.741. The van der Waals surface area contributed by atoms with Crippen molar-refractivity contribution < 1.29 is 14.7 Å². The van der Waals surface area contributed by atoms with Crippen LogP contribution in [0.3, 0.4) is 0 Å². The molecule has 1 N–H and O–H groups in total. The zero-order valence-electron chi connectivity index (χ0n) is 11.0. The zero-order chi connectivity index (χ0) is 14.3. The fraction of sp³-hybridized carbons (Fsp3) is 0.286. The Morgan fingerprint density at radius 1 is 1.30 bits per heavy atom. The lowest BCUT2D eigenvalue weighted by atomic mass is 10.1. The molecule has 2 aliphatic rings. The summed E-state index contributed by atoms with van der Waals surface area (Å²) in [6.45, 7) is 3.34. The van der Waals surface area contributed by atoms with Crippen molar-refractivity contribution in [1.29, 1.82) is 0 Å². The van der Waals surface area contributed by atoms with E-state index < -0.39 is 5.97 Å². The molecule has 0 saturated carbocycles. The van der Waals surface area contributed by atoms with Gasteiger partial charge in [0.2, 0.25) is 5.91 Å². The molecule has 1 aromatic rings. The van der Waals surface area contributed by atoms with Crippen molar-refractivity contribution in [2.45, 2.75) is 6.92 Å². The van der Waals surface area contributed by atoms with Crippen molar-refractivity contribution in [3.63, 3.8) is 0 Å². The second-order valence-electron chi connectivity index (χ2n) is 4.86. The number of carboxylic acid groups (broad SMARTS) is 1. The normalized spacial score (nSPS) is 17.2. The smallest absolute Gasteiger partial charge is 0.337 e. The molecule has 0 radical (unpaired) electrons. The Hall–Kier alpha value is -2.50. The summed E-state index contributed by atoms with van der Waals surface area (Å²) in [6.07, 6.45) is 1.33. The molecule has 3 heterocycles. The Bertz CT molecular complexity index is 659. The van der Waals surface area contributed by atoms with Crippen molar-refractivity contribution in [2.75, 3.05) is 19.6 Å². The highest BCUT2D eigenvalue weighted by molar-refractivity contribution is 6.14. The van der Waals surface area contributed by atoms with Crippen LogP contribution in [0.1, 0.15) is 23.0 Å². The highest BCUT2D eigenvalue weighted by Gasteiger charge is 2.31. The van der Waals surface area contributed by atoms with Crippen molar-refractivity contribution in [3.8, 4) is 0 Å². The largest absolute Gasteiger partial charge is 0.478 e. The maximum absolute atomic E-state index is 11.4. The van der Waals surface area contributed by atoms with Crippen LogP contribution in [0.5, 0.6) is 0 Å². The Morgan fingerprint density at radius 2 is 2.10 bits per heavy atom. The van der Waals surface area contributed by atoms with E-state index in [0.717, 1.165) is 16.9 Å². The molecule has 0 spiro atoms. The van der Waals surface area contributed by atoms with Crippen LogP contribution in [0, 0.1) is 0 Å². The van der Waals surface area contributed by atoms with Crippen LogP contribution >= 0.6 is 0 Å². The van der Waals surface area contributed by atoms with E-state index in [-0.39, 0.29) is 11.5 Å². The minimum Gasteiger partial charge on any atom is -0.478 e. The lowest BCUT2D eigenvalue weighted by molar-refractivity contribution is -0.127. The summed E-state index contributed by atoms with van der Waals surface area (Å²) in [5.41, 5.74) is 3.79. The molecule has 0 atom stereocenters. The number of carbonyl (C=O) groups excluding carboxylic acids is 1. The number of aromatic carboxylic acids is 1. The second kappa shape index (κ2) is 4.56. The van der Waals surface area contributed by atoms with Gasteiger partial charge in [-0.15, -0.1) is 0 Å². The van der Waals surface area contributed by atoms with Crippen LogP contribution in [-0.2, 0) is 4.79 Å². The topological polar surface area (TPSA) is 82.9 Å². The molecule has 2 aliphatic heterocycles. The van der Waals surface area contributed by atoms with Gasteiger partial charge in [-0.1, -0.05) is 0 Å². The number of hydrogen-bond donors (Lipinski definition) is 1. The number of pyridine rings is 1. The third-order valence-electron chi connectivity index (χ3n) is 3.57. The van der Waals surface area contributed by atoms with Gasteiger partial charge in [0.25, 0.3) is 0 Å². The van der Waals surface area contributed by atoms with E-state index in [1.807, 2.05) is 0 Å². The quantitative estimate of drug-likeness (QED) is 0.860. The van der Waals surface area contributed by atoms with E-state index in [4.69, 9.17) is 5.11 Å². The molecule has 0 fully saturated rings. The molecule has 1 amide bonds. The first-order chi connectivity index (χ1) is 9.56. The second-order valence-corrected chi connectivity index (χ2v) is 4.86. The summed E-state index contributed by atoms with van der Waals surface area (Å²) in [7, 11) is 0. The molecule has 6 heteroatoms. The average Bonchev–Trinajstić information content (AvgIpc) is 2.98. The molecule has 0 aliphatic carbocycles. The fourth-order valence-corrected chi connectivity index (χ4v) is 2.46. The summed E-state index contributed by atoms with van der Waals surface area (Å²) in [5.74, 6) is -0.950. The molecule has 102 valence electrons. The van der Waals surface area contributed by atoms with Crippen molar-refractivity contribution in [2.24, 2.45) is 4.99 Å². The van der Waals surface area contributed by atoms with E-state index >= 15 is 0 Å². The van der Waals surface area contributed by atoms with Gasteiger partial charge in [-0.3, -0.25) is 14.8 Å². The highest BCUT2D eigenvalue weighted by atomic mass is 16.4. The minimum absolute atomic E-state index is 0.0490. The van der Waals surface area contributed by atoms with Gasteiger partial charge in [-0.2, -0.15) is 0 Å². The Balaban J connectivity index is 1.85. The molecule has 1 aromatic heterocycles. The molecule has 0 aromatic carbocycles. The Morgan fingerprint density at radius 3 is 2.70 bits per heavy atom. The van der Waals surface area contributed by atoms with Crippen molar-refractivity contribution in [1.82, 2.24) is 9.88 Å². The third kappa shape index (κ3) is 1.99. The number of carboxylic acids is 1. The van der Waals surface area contributed by atoms with Crippen LogP contribution in [0.25, 0.3) is 0 Å².